The minimum atomic E-state index is -0.416. The van der Waals surface area contributed by atoms with E-state index in [1.807, 2.05) is 30.3 Å². The maximum absolute atomic E-state index is 11.8. The average Bonchev–Trinajstić information content (AvgIpc) is 2.94. The Morgan fingerprint density at radius 1 is 0.875 bits per heavy atom. The summed E-state index contributed by atoms with van der Waals surface area (Å²) in [7, 11) is 1.36. The molecular weight excluding hydrogens is 302 g/mol. The van der Waals surface area contributed by atoms with Crippen LogP contribution in [0, 0.1) is 13.8 Å². The van der Waals surface area contributed by atoms with Crippen molar-refractivity contribution in [1.29, 1.82) is 0 Å². The van der Waals surface area contributed by atoms with E-state index < -0.39 is 5.97 Å². The lowest BCUT2D eigenvalue weighted by molar-refractivity contribution is 0.0598. The van der Waals surface area contributed by atoms with Crippen molar-refractivity contribution in [3.63, 3.8) is 0 Å². The molecule has 122 valence electrons. The maximum atomic E-state index is 11.8. The van der Waals surface area contributed by atoms with E-state index in [9.17, 15) is 4.79 Å². The van der Waals surface area contributed by atoms with Crippen molar-refractivity contribution in [2.24, 2.45) is 0 Å². The molecule has 0 fully saturated rings. The molecule has 0 aliphatic carbocycles. The lowest BCUT2D eigenvalue weighted by Crippen LogP contribution is -2.03. The van der Waals surface area contributed by atoms with Crippen LogP contribution in [0.2, 0.25) is 0 Å². The molecule has 4 heteroatoms. The Kier molecular flexibility index (Phi) is 4.38. The summed E-state index contributed by atoms with van der Waals surface area (Å²) in [5, 5.41) is 0. The monoisotopic (exact) mass is 321 g/mol. The largest absolute Gasteiger partial charge is 0.465 e. The lowest BCUT2D eigenvalue weighted by Gasteiger charge is -2.12. The summed E-state index contributed by atoms with van der Waals surface area (Å²) in [6.45, 7) is 4.15. The first-order valence-electron chi connectivity index (χ1n) is 7.70. The van der Waals surface area contributed by atoms with Gasteiger partial charge in [0.05, 0.1) is 7.11 Å². The fourth-order valence-corrected chi connectivity index (χ4v) is 2.70. The third-order valence-corrected chi connectivity index (χ3v) is 3.89. The maximum Gasteiger partial charge on any atom is 0.341 e. The van der Waals surface area contributed by atoms with Crippen molar-refractivity contribution in [1.82, 2.24) is 4.57 Å². The molecule has 1 heterocycles. The molecule has 0 unspecified atom stereocenters. The third kappa shape index (κ3) is 3.04. The summed E-state index contributed by atoms with van der Waals surface area (Å²) in [5.41, 5.74) is 3.83. The smallest absolute Gasteiger partial charge is 0.341 e. The predicted molar refractivity (Wildman–Crippen MR) is 93.1 cm³/mol. The van der Waals surface area contributed by atoms with Crippen LogP contribution in [-0.2, 0) is 4.74 Å². The van der Waals surface area contributed by atoms with Gasteiger partial charge >= 0.3 is 5.97 Å². The molecule has 0 amide bonds. The van der Waals surface area contributed by atoms with Crippen LogP contribution in [0.15, 0.2) is 60.7 Å². The first kappa shape index (κ1) is 15.9. The molecule has 0 saturated carbocycles. The van der Waals surface area contributed by atoms with E-state index >= 15 is 0 Å². The zero-order valence-electron chi connectivity index (χ0n) is 13.9. The van der Waals surface area contributed by atoms with Gasteiger partial charge in [0, 0.05) is 17.1 Å². The Labute approximate surface area is 141 Å². The van der Waals surface area contributed by atoms with Crippen LogP contribution in [-0.4, -0.2) is 17.6 Å². The standard InChI is InChI=1S/C20H19NO3/c1-14-8-9-15(2)21(14)16-10-12-17(13-11-16)24-19-7-5-4-6-18(19)20(22)23-3/h4-13H,1-3H3. The fourth-order valence-electron chi connectivity index (χ4n) is 2.70. The van der Waals surface area contributed by atoms with Crippen molar-refractivity contribution in [3.8, 4) is 17.2 Å². The van der Waals surface area contributed by atoms with E-state index in [0.29, 0.717) is 17.1 Å². The van der Waals surface area contributed by atoms with Crippen LogP contribution >= 0.6 is 0 Å². The molecule has 0 radical (unpaired) electrons. The molecule has 24 heavy (non-hydrogen) atoms. The normalized spacial score (nSPS) is 10.5. The molecule has 3 aromatic rings. The molecule has 0 aliphatic heterocycles. The van der Waals surface area contributed by atoms with Gasteiger partial charge in [0.25, 0.3) is 0 Å². The molecule has 4 nitrogen and oxygen atoms in total. The number of benzene rings is 2. The van der Waals surface area contributed by atoms with Crippen LogP contribution in [0.3, 0.4) is 0 Å². The van der Waals surface area contributed by atoms with Gasteiger partial charge in [-0.05, 0) is 62.4 Å². The quantitative estimate of drug-likeness (QED) is 0.655. The predicted octanol–water partition coefficient (Wildman–Crippen LogP) is 4.67. The number of aryl methyl sites for hydroxylation is 2. The highest BCUT2D eigenvalue weighted by molar-refractivity contribution is 5.92. The first-order valence-corrected chi connectivity index (χ1v) is 7.70. The number of esters is 1. The van der Waals surface area contributed by atoms with Crippen molar-refractivity contribution in [2.75, 3.05) is 7.11 Å². The van der Waals surface area contributed by atoms with E-state index in [2.05, 4.69) is 30.5 Å². The third-order valence-electron chi connectivity index (χ3n) is 3.89. The molecular formula is C20H19NO3. The Bertz CT molecular complexity index is 843. The van der Waals surface area contributed by atoms with Crippen molar-refractivity contribution in [3.05, 3.63) is 77.6 Å². The van der Waals surface area contributed by atoms with E-state index in [0.717, 1.165) is 5.69 Å². The van der Waals surface area contributed by atoms with Crippen LogP contribution in [0.25, 0.3) is 5.69 Å². The minimum absolute atomic E-state index is 0.404. The van der Waals surface area contributed by atoms with Crippen molar-refractivity contribution in [2.45, 2.75) is 13.8 Å². The highest BCUT2D eigenvalue weighted by Gasteiger charge is 2.13. The second-order valence-corrected chi connectivity index (χ2v) is 5.54. The lowest BCUT2D eigenvalue weighted by atomic mass is 10.2. The SMILES string of the molecule is COC(=O)c1ccccc1Oc1ccc(-n2c(C)ccc2C)cc1. The summed E-state index contributed by atoms with van der Waals surface area (Å²) < 4.78 is 12.8. The molecule has 0 N–H and O–H groups in total. The van der Waals surface area contributed by atoms with Gasteiger partial charge in [-0.1, -0.05) is 12.1 Å². The number of para-hydroxylation sites is 1. The van der Waals surface area contributed by atoms with Crippen molar-refractivity contribution < 1.29 is 14.3 Å². The number of hydrogen-bond acceptors (Lipinski definition) is 3. The summed E-state index contributed by atoms with van der Waals surface area (Å²) in [6.07, 6.45) is 0. The Balaban J connectivity index is 1.87. The molecule has 0 aliphatic rings. The average molecular weight is 321 g/mol. The van der Waals surface area contributed by atoms with Crippen LogP contribution in [0.1, 0.15) is 21.7 Å². The van der Waals surface area contributed by atoms with Gasteiger partial charge in [-0.2, -0.15) is 0 Å². The minimum Gasteiger partial charge on any atom is -0.465 e. The van der Waals surface area contributed by atoms with Crippen molar-refractivity contribution >= 4 is 5.97 Å². The molecule has 0 bridgehead atoms. The second kappa shape index (κ2) is 6.62. The fraction of sp³-hybridized carbons (Fsp3) is 0.150. The number of hydrogen-bond donors (Lipinski definition) is 0. The van der Waals surface area contributed by atoms with Gasteiger partial charge in [0.2, 0.25) is 0 Å². The first-order chi connectivity index (χ1) is 11.6. The van der Waals surface area contributed by atoms with Crippen LogP contribution < -0.4 is 4.74 Å². The van der Waals surface area contributed by atoms with Gasteiger partial charge in [0.1, 0.15) is 17.1 Å². The number of ether oxygens (including phenoxy) is 2. The number of methoxy groups -OCH3 is 1. The summed E-state index contributed by atoms with van der Waals surface area (Å²) in [6, 6.07) is 19.0. The number of carbonyl (C=O) groups is 1. The Morgan fingerprint density at radius 2 is 1.50 bits per heavy atom. The van der Waals surface area contributed by atoms with Gasteiger partial charge in [-0.15, -0.1) is 0 Å². The van der Waals surface area contributed by atoms with E-state index in [1.165, 1.54) is 18.5 Å². The summed E-state index contributed by atoms with van der Waals surface area (Å²) >= 11 is 0. The van der Waals surface area contributed by atoms with Gasteiger partial charge in [-0.3, -0.25) is 0 Å². The highest BCUT2D eigenvalue weighted by Crippen LogP contribution is 2.27. The van der Waals surface area contributed by atoms with E-state index in [4.69, 9.17) is 9.47 Å². The zero-order chi connectivity index (χ0) is 17.1. The zero-order valence-corrected chi connectivity index (χ0v) is 13.9. The Hall–Kier alpha value is -3.01. The molecule has 3 rings (SSSR count). The number of nitrogens with zero attached hydrogens (tertiary/aromatic N) is 1. The topological polar surface area (TPSA) is 40.5 Å². The van der Waals surface area contributed by atoms with Gasteiger partial charge in [-0.25, -0.2) is 4.79 Å². The molecule has 0 spiro atoms. The van der Waals surface area contributed by atoms with E-state index in [-0.39, 0.29) is 0 Å². The second-order valence-electron chi connectivity index (χ2n) is 5.54. The van der Waals surface area contributed by atoms with E-state index in [1.54, 1.807) is 18.2 Å². The van der Waals surface area contributed by atoms with Crippen LogP contribution in [0.5, 0.6) is 11.5 Å². The Morgan fingerprint density at radius 3 is 2.12 bits per heavy atom. The molecule has 0 saturated heterocycles. The molecule has 0 atom stereocenters. The summed E-state index contributed by atoms with van der Waals surface area (Å²) in [4.78, 5) is 11.8. The summed E-state index contributed by atoms with van der Waals surface area (Å²) in [5.74, 6) is 0.726. The number of aromatic nitrogens is 1. The molecule has 2 aromatic carbocycles. The van der Waals surface area contributed by atoms with Gasteiger partial charge in [0.15, 0.2) is 0 Å². The number of carbonyl (C=O) groups excluding carboxylic acids is 1. The molecule has 1 aromatic heterocycles. The number of rotatable bonds is 4. The van der Waals surface area contributed by atoms with Crippen LogP contribution in [0.4, 0.5) is 0 Å². The highest BCUT2D eigenvalue weighted by atomic mass is 16.5. The van der Waals surface area contributed by atoms with Gasteiger partial charge < -0.3 is 14.0 Å².